The van der Waals surface area contributed by atoms with Gasteiger partial charge in [-0.1, -0.05) is 24.3 Å². The number of carbonyl (C=O) groups is 2. The van der Waals surface area contributed by atoms with Crippen LogP contribution in [0.2, 0.25) is 0 Å². The molecule has 11 heteroatoms. The molecule has 0 unspecified atom stereocenters. The largest absolute Gasteiger partial charge is 0.418 e. The zero-order valence-electron chi connectivity index (χ0n) is 16.5. The number of amides is 2. The summed E-state index contributed by atoms with van der Waals surface area (Å²) in [5.74, 6) is -2.25. The fourth-order valence-electron chi connectivity index (χ4n) is 2.86. The SMILES string of the molecule is Cc1cc(=O)c(C(=O)NNC(=O)Cc2ccc(F)cc2)nn1-c1ccccc1C(F)(F)F. The van der Waals surface area contributed by atoms with Gasteiger partial charge in [0.15, 0.2) is 5.69 Å². The van der Waals surface area contributed by atoms with Gasteiger partial charge in [-0.2, -0.15) is 18.3 Å². The molecular weight excluding hydrogens is 432 g/mol. The molecule has 2 amide bonds. The van der Waals surface area contributed by atoms with Crippen LogP contribution in [0.15, 0.2) is 59.4 Å². The molecule has 0 radical (unpaired) electrons. The number of halogens is 4. The maximum absolute atomic E-state index is 13.4. The Morgan fingerprint density at radius 1 is 1.03 bits per heavy atom. The highest BCUT2D eigenvalue weighted by molar-refractivity contribution is 5.93. The molecule has 32 heavy (non-hydrogen) atoms. The Kier molecular flexibility index (Phi) is 6.37. The van der Waals surface area contributed by atoms with E-state index in [4.69, 9.17) is 0 Å². The van der Waals surface area contributed by atoms with Crippen molar-refractivity contribution in [1.29, 1.82) is 0 Å². The first-order chi connectivity index (χ1) is 15.1. The summed E-state index contributed by atoms with van der Waals surface area (Å²) in [5, 5.41) is 3.79. The third kappa shape index (κ3) is 5.17. The van der Waals surface area contributed by atoms with Crippen LogP contribution in [-0.4, -0.2) is 21.6 Å². The predicted octanol–water partition coefficient (Wildman–Crippen LogP) is 2.70. The lowest BCUT2D eigenvalue weighted by Crippen LogP contribution is -2.44. The second-order valence-electron chi connectivity index (χ2n) is 6.73. The van der Waals surface area contributed by atoms with Crippen molar-refractivity contribution in [3.8, 4) is 5.69 Å². The Balaban J connectivity index is 1.82. The Labute approximate surface area is 178 Å². The van der Waals surface area contributed by atoms with Gasteiger partial charge >= 0.3 is 6.18 Å². The number of aromatic nitrogens is 2. The number of nitrogens with zero attached hydrogens (tertiary/aromatic N) is 2. The molecule has 7 nitrogen and oxygen atoms in total. The lowest BCUT2D eigenvalue weighted by Gasteiger charge is -2.16. The lowest BCUT2D eigenvalue weighted by molar-refractivity contribution is -0.137. The van der Waals surface area contributed by atoms with Crippen LogP contribution >= 0.6 is 0 Å². The first kappa shape index (κ1) is 22.7. The van der Waals surface area contributed by atoms with Crippen LogP contribution in [0, 0.1) is 12.7 Å². The van der Waals surface area contributed by atoms with Gasteiger partial charge in [-0.3, -0.25) is 25.2 Å². The van der Waals surface area contributed by atoms with E-state index in [9.17, 15) is 31.9 Å². The van der Waals surface area contributed by atoms with Crippen LogP contribution in [0.1, 0.15) is 27.3 Å². The van der Waals surface area contributed by atoms with Crippen molar-refractivity contribution in [2.45, 2.75) is 19.5 Å². The Morgan fingerprint density at radius 3 is 2.34 bits per heavy atom. The fourth-order valence-corrected chi connectivity index (χ4v) is 2.86. The number of benzene rings is 2. The van der Waals surface area contributed by atoms with Gasteiger partial charge in [0, 0.05) is 11.8 Å². The summed E-state index contributed by atoms with van der Waals surface area (Å²) in [6.07, 6.45) is -4.88. The van der Waals surface area contributed by atoms with Crippen LogP contribution in [0.25, 0.3) is 5.69 Å². The number of carbonyl (C=O) groups excluding carboxylic acids is 2. The molecule has 0 aliphatic rings. The molecule has 0 saturated carbocycles. The van der Waals surface area contributed by atoms with Crippen molar-refractivity contribution >= 4 is 11.8 Å². The third-order valence-corrected chi connectivity index (χ3v) is 4.35. The van der Waals surface area contributed by atoms with E-state index in [2.05, 4.69) is 10.5 Å². The van der Waals surface area contributed by atoms with Crippen LogP contribution in [0.3, 0.4) is 0 Å². The maximum Gasteiger partial charge on any atom is 0.418 e. The molecule has 0 aliphatic heterocycles. The number of hydrogen-bond donors (Lipinski definition) is 2. The molecule has 0 aliphatic carbocycles. The van der Waals surface area contributed by atoms with Crippen LogP contribution in [0.5, 0.6) is 0 Å². The summed E-state index contributed by atoms with van der Waals surface area (Å²) < 4.78 is 53.8. The van der Waals surface area contributed by atoms with Crippen LogP contribution in [-0.2, 0) is 17.4 Å². The summed E-state index contributed by atoms with van der Waals surface area (Å²) in [6.45, 7) is 1.37. The molecule has 0 bridgehead atoms. The first-order valence-electron chi connectivity index (χ1n) is 9.17. The normalized spacial score (nSPS) is 11.2. The molecule has 3 rings (SSSR count). The number of nitrogens with one attached hydrogen (secondary N) is 2. The average Bonchev–Trinajstić information content (AvgIpc) is 2.73. The Morgan fingerprint density at radius 2 is 1.69 bits per heavy atom. The zero-order valence-corrected chi connectivity index (χ0v) is 16.5. The van der Waals surface area contributed by atoms with Gasteiger partial charge in [-0.15, -0.1) is 0 Å². The fraction of sp³-hybridized carbons (Fsp3) is 0.143. The van der Waals surface area contributed by atoms with E-state index in [1.165, 1.54) is 43.3 Å². The first-order valence-corrected chi connectivity index (χ1v) is 9.17. The maximum atomic E-state index is 13.4. The molecule has 1 aromatic heterocycles. The van der Waals surface area contributed by atoms with Crippen molar-refractivity contribution < 1.29 is 27.2 Å². The number of hydrazine groups is 1. The summed E-state index contributed by atoms with van der Waals surface area (Å²) in [6, 6.07) is 10.6. The molecular formula is C21H16F4N4O3. The predicted molar refractivity (Wildman–Crippen MR) is 105 cm³/mol. The topological polar surface area (TPSA) is 93.1 Å². The molecule has 3 aromatic rings. The van der Waals surface area contributed by atoms with Gasteiger partial charge in [-0.05, 0) is 36.8 Å². The minimum Gasteiger partial charge on any atom is -0.287 e. The molecule has 2 aromatic carbocycles. The minimum atomic E-state index is -4.69. The Bertz CT molecular complexity index is 1220. The van der Waals surface area contributed by atoms with Crippen LogP contribution in [0.4, 0.5) is 17.6 Å². The van der Waals surface area contributed by atoms with E-state index in [1.54, 1.807) is 0 Å². The molecule has 0 atom stereocenters. The molecule has 0 saturated heterocycles. The molecule has 1 heterocycles. The van der Waals surface area contributed by atoms with E-state index in [0.29, 0.717) is 5.56 Å². The van der Waals surface area contributed by atoms with Crippen molar-refractivity contribution in [2.75, 3.05) is 0 Å². The molecule has 0 spiro atoms. The third-order valence-electron chi connectivity index (χ3n) is 4.35. The highest BCUT2D eigenvalue weighted by Crippen LogP contribution is 2.33. The summed E-state index contributed by atoms with van der Waals surface area (Å²) in [4.78, 5) is 36.5. The van der Waals surface area contributed by atoms with Gasteiger partial charge in [0.25, 0.3) is 5.91 Å². The number of aryl methyl sites for hydroxylation is 1. The molecule has 0 fully saturated rings. The summed E-state index contributed by atoms with van der Waals surface area (Å²) >= 11 is 0. The number of alkyl halides is 3. The second-order valence-corrected chi connectivity index (χ2v) is 6.73. The minimum absolute atomic E-state index is 0.0728. The van der Waals surface area contributed by atoms with Gasteiger partial charge in [0.1, 0.15) is 5.82 Å². The van der Waals surface area contributed by atoms with Gasteiger partial charge in [0.05, 0.1) is 17.7 Å². The standard InChI is InChI=1S/C21H16F4N4O3/c1-12-10-17(30)19(28-29(12)16-5-3-2-4-15(16)21(23,24)25)20(32)27-26-18(31)11-13-6-8-14(22)9-7-13/h2-10H,11H2,1H3,(H,26,31)(H,27,32). The van der Waals surface area contributed by atoms with Crippen molar-refractivity contribution in [2.24, 2.45) is 0 Å². The van der Waals surface area contributed by atoms with Gasteiger partial charge in [0.2, 0.25) is 11.3 Å². The smallest absolute Gasteiger partial charge is 0.287 e. The second kappa shape index (κ2) is 9.00. The van der Waals surface area contributed by atoms with E-state index >= 15 is 0 Å². The van der Waals surface area contributed by atoms with E-state index in [0.717, 1.165) is 22.9 Å². The monoisotopic (exact) mass is 448 g/mol. The summed E-state index contributed by atoms with van der Waals surface area (Å²) in [5.41, 5.74) is 1.70. The van der Waals surface area contributed by atoms with Gasteiger partial charge < -0.3 is 0 Å². The van der Waals surface area contributed by atoms with E-state index < -0.39 is 40.5 Å². The molecule has 2 N–H and O–H groups in total. The summed E-state index contributed by atoms with van der Waals surface area (Å²) in [7, 11) is 0. The highest BCUT2D eigenvalue weighted by atomic mass is 19.4. The van der Waals surface area contributed by atoms with Crippen LogP contribution < -0.4 is 16.3 Å². The number of para-hydroxylation sites is 1. The number of rotatable bonds is 4. The Hall–Kier alpha value is -4.02. The highest BCUT2D eigenvalue weighted by Gasteiger charge is 2.34. The van der Waals surface area contributed by atoms with Crippen molar-refractivity contribution in [3.05, 3.63) is 93.2 Å². The number of hydrogen-bond acceptors (Lipinski definition) is 4. The van der Waals surface area contributed by atoms with E-state index in [-0.39, 0.29) is 17.8 Å². The zero-order chi connectivity index (χ0) is 23.5. The lowest BCUT2D eigenvalue weighted by atomic mass is 10.1. The van der Waals surface area contributed by atoms with Crippen molar-refractivity contribution in [3.63, 3.8) is 0 Å². The van der Waals surface area contributed by atoms with E-state index in [1.807, 2.05) is 5.43 Å². The van der Waals surface area contributed by atoms with Crippen molar-refractivity contribution in [1.82, 2.24) is 20.6 Å². The average molecular weight is 448 g/mol. The molecule has 166 valence electrons. The van der Waals surface area contributed by atoms with Gasteiger partial charge in [-0.25, -0.2) is 9.07 Å². The quantitative estimate of drug-likeness (QED) is 0.474.